The van der Waals surface area contributed by atoms with Gasteiger partial charge in [0.05, 0.1) is 12.6 Å². The summed E-state index contributed by atoms with van der Waals surface area (Å²) in [7, 11) is 1.77. The maximum absolute atomic E-state index is 11.4. The maximum Gasteiger partial charge on any atom is 0.234 e. The van der Waals surface area contributed by atoms with Crippen LogP contribution in [0.2, 0.25) is 0 Å². The second kappa shape index (κ2) is 6.40. The van der Waals surface area contributed by atoms with E-state index in [0.717, 1.165) is 5.56 Å². The molecule has 1 rings (SSSR count). The van der Waals surface area contributed by atoms with Crippen LogP contribution in [0.4, 0.5) is 0 Å². The SMILES string of the molecule is CNCC(=O)NC(C)c1ccc(C(C)C)cc1. The molecule has 2 N–H and O–H groups in total. The fourth-order valence-corrected chi connectivity index (χ4v) is 1.71. The van der Waals surface area contributed by atoms with Crippen molar-refractivity contribution in [2.24, 2.45) is 0 Å². The van der Waals surface area contributed by atoms with Gasteiger partial charge in [-0.3, -0.25) is 4.79 Å². The molecule has 0 heterocycles. The van der Waals surface area contributed by atoms with Gasteiger partial charge in [-0.25, -0.2) is 0 Å². The normalized spacial score (nSPS) is 12.5. The van der Waals surface area contributed by atoms with Gasteiger partial charge in [0.15, 0.2) is 0 Å². The van der Waals surface area contributed by atoms with Gasteiger partial charge in [-0.2, -0.15) is 0 Å². The molecule has 1 amide bonds. The summed E-state index contributed by atoms with van der Waals surface area (Å²) in [5.74, 6) is 0.561. The Morgan fingerprint density at radius 2 is 1.65 bits per heavy atom. The summed E-state index contributed by atoms with van der Waals surface area (Å²) in [6, 6.07) is 8.47. The molecule has 1 unspecified atom stereocenters. The number of rotatable bonds is 5. The molecular formula is C14H22N2O. The topological polar surface area (TPSA) is 41.1 Å². The fraction of sp³-hybridized carbons (Fsp3) is 0.500. The highest BCUT2D eigenvalue weighted by Crippen LogP contribution is 2.18. The van der Waals surface area contributed by atoms with Crippen LogP contribution in [0.1, 0.15) is 43.9 Å². The molecular weight excluding hydrogens is 212 g/mol. The zero-order valence-corrected chi connectivity index (χ0v) is 11.1. The van der Waals surface area contributed by atoms with Crippen molar-refractivity contribution in [3.63, 3.8) is 0 Å². The molecule has 0 radical (unpaired) electrons. The van der Waals surface area contributed by atoms with Crippen molar-refractivity contribution < 1.29 is 4.79 Å². The Labute approximate surface area is 104 Å². The molecule has 1 aromatic rings. The molecule has 1 aromatic carbocycles. The van der Waals surface area contributed by atoms with Gasteiger partial charge in [-0.05, 0) is 31.0 Å². The van der Waals surface area contributed by atoms with E-state index in [9.17, 15) is 4.79 Å². The highest BCUT2D eigenvalue weighted by molar-refractivity contribution is 5.78. The van der Waals surface area contributed by atoms with E-state index >= 15 is 0 Å². The third kappa shape index (κ3) is 4.19. The highest BCUT2D eigenvalue weighted by atomic mass is 16.1. The Balaban J connectivity index is 2.63. The van der Waals surface area contributed by atoms with E-state index in [2.05, 4.69) is 48.7 Å². The average Bonchev–Trinajstić information content (AvgIpc) is 2.29. The molecule has 94 valence electrons. The second-order valence-corrected chi connectivity index (χ2v) is 4.64. The van der Waals surface area contributed by atoms with Crippen LogP contribution >= 0.6 is 0 Å². The summed E-state index contributed by atoms with van der Waals surface area (Å²) in [6.45, 7) is 6.70. The Morgan fingerprint density at radius 1 is 1.12 bits per heavy atom. The number of benzene rings is 1. The maximum atomic E-state index is 11.4. The average molecular weight is 234 g/mol. The summed E-state index contributed by atoms with van der Waals surface area (Å²) < 4.78 is 0. The minimum absolute atomic E-state index is 0.0212. The molecule has 0 saturated heterocycles. The molecule has 0 saturated carbocycles. The lowest BCUT2D eigenvalue weighted by atomic mass is 9.99. The van der Waals surface area contributed by atoms with Crippen LogP contribution in [-0.2, 0) is 4.79 Å². The summed E-state index contributed by atoms with van der Waals surface area (Å²) in [4.78, 5) is 11.4. The molecule has 0 fully saturated rings. The van der Waals surface area contributed by atoms with Gasteiger partial charge >= 0.3 is 0 Å². The van der Waals surface area contributed by atoms with Crippen LogP contribution in [0, 0.1) is 0 Å². The molecule has 17 heavy (non-hydrogen) atoms. The summed E-state index contributed by atoms with van der Waals surface area (Å²) in [5.41, 5.74) is 2.46. The number of nitrogens with one attached hydrogen (secondary N) is 2. The third-order valence-electron chi connectivity index (χ3n) is 2.82. The Morgan fingerprint density at radius 3 is 2.12 bits per heavy atom. The molecule has 1 atom stereocenters. The number of carbonyl (C=O) groups is 1. The first-order chi connectivity index (χ1) is 8.04. The van der Waals surface area contributed by atoms with Crippen molar-refractivity contribution >= 4 is 5.91 Å². The molecule has 0 aliphatic heterocycles. The van der Waals surface area contributed by atoms with Gasteiger partial charge in [0.25, 0.3) is 0 Å². The van der Waals surface area contributed by atoms with Crippen molar-refractivity contribution in [1.29, 1.82) is 0 Å². The van der Waals surface area contributed by atoms with Crippen molar-refractivity contribution in [2.45, 2.75) is 32.7 Å². The van der Waals surface area contributed by atoms with E-state index in [-0.39, 0.29) is 11.9 Å². The highest BCUT2D eigenvalue weighted by Gasteiger charge is 2.08. The molecule has 3 heteroatoms. The summed E-state index contributed by atoms with van der Waals surface area (Å²) in [5, 5.41) is 5.78. The van der Waals surface area contributed by atoms with E-state index in [1.807, 2.05) is 6.92 Å². The molecule has 0 spiro atoms. The van der Waals surface area contributed by atoms with Crippen molar-refractivity contribution in [3.05, 3.63) is 35.4 Å². The predicted molar refractivity (Wildman–Crippen MR) is 71.0 cm³/mol. The van der Waals surface area contributed by atoms with E-state index < -0.39 is 0 Å². The summed E-state index contributed by atoms with van der Waals surface area (Å²) >= 11 is 0. The van der Waals surface area contributed by atoms with E-state index in [1.54, 1.807) is 7.05 Å². The smallest absolute Gasteiger partial charge is 0.234 e. The number of hydrogen-bond acceptors (Lipinski definition) is 2. The lowest BCUT2D eigenvalue weighted by molar-refractivity contribution is -0.120. The van der Waals surface area contributed by atoms with Crippen molar-refractivity contribution in [3.8, 4) is 0 Å². The van der Waals surface area contributed by atoms with Crippen LogP contribution < -0.4 is 10.6 Å². The van der Waals surface area contributed by atoms with Crippen LogP contribution in [0.3, 0.4) is 0 Å². The number of likely N-dealkylation sites (N-methyl/N-ethyl adjacent to an activating group) is 1. The third-order valence-corrected chi connectivity index (χ3v) is 2.82. The van der Waals surface area contributed by atoms with Gasteiger partial charge in [0.2, 0.25) is 5.91 Å². The Kier molecular flexibility index (Phi) is 5.16. The van der Waals surface area contributed by atoms with Crippen LogP contribution in [0.25, 0.3) is 0 Å². The van der Waals surface area contributed by atoms with Gasteiger partial charge < -0.3 is 10.6 Å². The van der Waals surface area contributed by atoms with Gasteiger partial charge in [0, 0.05) is 0 Å². The van der Waals surface area contributed by atoms with Crippen LogP contribution in [-0.4, -0.2) is 19.5 Å². The zero-order valence-electron chi connectivity index (χ0n) is 11.1. The largest absolute Gasteiger partial charge is 0.348 e. The first-order valence-corrected chi connectivity index (χ1v) is 6.08. The van der Waals surface area contributed by atoms with Crippen molar-refractivity contribution in [2.75, 3.05) is 13.6 Å². The molecule has 0 aliphatic carbocycles. The minimum atomic E-state index is 0.0212. The quantitative estimate of drug-likeness (QED) is 0.820. The minimum Gasteiger partial charge on any atom is -0.348 e. The number of carbonyl (C=O) groups excluding carboxylic acids is 1. The molecule has 0 aromatic heterocycles. The van der Waals surface area contributed by atoms with E-state index in [4.69, 9.17) is 0 Å². The standard InChI is InChI=1S/C14H22N2O/c1-10(2)12-5-7-13(8-6-12)11(3)16-14(17)9-15-4/h5-8,10-11,15H,9H2,1-4H3,(H,16,17). The van der Waals surface area contributed by atoms with Crippen LogP contribution in [0.5, 0.6) is 0 Å². The van der Waals surface area contributed by atoms with Crippen molar-refractivity contribution in [1.82, 2.24) is 10.6 Å². The fourth-order valence-electron chi connectivity index (χ4n) is 1.71. The monoisotopic (exact) mass is 234 g/mol. The number of amides is 1. The molecule has 0 bridgehead atoms. The second-order valence-electron chi connectivity index (χ2n) is 4.64. The zero-order chi connectivity index (χ0) is 12.8. The van der Waals surface area contributed by atoms with E-state index in [0.29, 0.717) is 12.5 Å². The molecule has 0 aliphatic rings. The number of hydrogen-bond donors (Lipinski definition) is 2. The first-order valence-electron chi connectivity index (χ1n) is 6.08. The van der Waals surface area contributed by atoms with Gasteiger partial charge in [-0.1, -0.05) is 38.1 Å². The predicted octanol–water partition coefficient (Wildman–Crippen LogP) is 2.21. The van der Waals surface area contributed by atoms with E-state index in [1.165, 1.54) is 5.56 Å². The summed E-state index contributed by atoms with van der Waals surface area (Å²) in [6.07, 6.45) is 0. The van der Waals surface area contributed by atoms with Crippen LogP contribution in [0.15, 0.2) is 24.3 Å². The molecule has 3 nitrogen and oxygen atoms in total. The lowest BCUT2D eigenvalue weighted by Crippen LogP contribution is -2.33. The first kappa shape index (κ1) is 13.7. The van der Waals surface area contributed by atoms with Gasteiger partial charge in [-0.15, -0.1) is 0 Å². The Bertz CT molecular complexity index is 357. The Hall–Kier alpha value is -1.35. The lowest BCUT2D eigenvalue weighted by Gasteiger charge is -2.15. The van der Waals surface area contributed by atoms with Gasteiger partial charge in [0.1, 0.15) is 0 Å².